The second-order valence-electron chi connectivity index (χ2n) is 36.1. The van der Waals surface area contributed by atoms with Gasteiger partial charge in [0.1, 0.15) is 66.7 Å². The van der Waals surface area contributed by atoms with Gasteiger partial charge in [0.05, 0.1) is 95.0 Å². The zero-order valence-corrected chi connectivity index (χ0v) is 90.8. The molecule has 5 unspecified atom stereocenters. The zero-order chi connectivity index (χ0) is 102. The minimum Gasteiger partial charge on any atom is -0.502 e. The molecule has 47 heteroatoms. The fourth-order valence-electron chi connectivity index (χ4n) is 16.2. The van der Waals surface area contributed by atoms with Crippen LogP contribution in [0.2, 0.25) is 15.3 Å². The number of carbonyl (C=O) groups is 1. The van der Waals surface area contributed by atoms with E-state index in [4.69, 9.17) is 99.5 Å². The van der Waals surface area contributed by atoms with E-state index >= 15 is 0 Å². The van der Waals surface area contributed by atoms with Gasteiger partial charge in [0.2, 0.25) is 5.91 Å². The Bertz CT molecular complexity index is 6540. The van der Waals surface area contributed by atoms with Crippen molar-refractivity contribution in [1.29, 1.82) is 0 Å². The van der Waals surface area contributed by atoms with Gasteiger partial charge in [-0.25, -0.2) is 62.0 Å². The van der Waals surface area contributed by atoms with Gasteiger partial charge in [0.15, 0.2) is 60.5 Å². The number of amides is 1. The van der Waals surface area contributed by atoms with Crippen LogP contribution in [0.15, 0.2) is 150 Å². The number of aromatic nitrogens is 6. The molecule has 0 radical (unpaired) electrons. The van der Waals surface area contributed by atoms with E-state index in [1.54, 1.807) is 48.5 Å². The number of nitrogens with two attached hydrogens (primary N) is 3. The van der Waals surface area contributed by atoms with E-state index in [2.05, 4.69) is 70.0 Å². The van der Waals surface area contributed by atoms with E-state index in [1.165, 1.54) is 49.1 Å². The van der Waals surface area contributed by atoms with Gasteiger partial charge in [0.25, 0.3) is 11.4 Å². The Labute approximate surface area is 867 Å². The van der Waals surface area contributed by atoms with Gasteiger partial charge in [-0.2, -0.15) is 0 Å². The van der Waals surface area contributed by atoms with E-state index in [1.807, 2.05) is 47.3 Å². The van der Waals surface area contributed by atoms with Gasteiger partial charge in [-0.05, 0) is 272 Å². The van der Waals surface area contributed by atoms with Crippen LogP contribution in [-0.4, -0.2) is 183 Å². The number of nitro benzene ring substituents is 2. The van der Waals surface area contributed by atoms with Crippen molar-refractivity contribution in [3.63, 3.8) is 0 Å². The number of benzene rings is 5. The number of nitrogens with one attached hydrogen (secondary N) is 1. The average Bonchev–Trinajstić information content (AvgIpc) is 1.60. The number of primary amides is 1. The Hall–Kier alpha value is -8.36. The minimum absolute atomic E-state index is 0. The van der Waals surface area contributed by atoms with E-state index in [0.29, 0.717) is 96.0 Å². The number of sulfone groups is 5. The molecule has 36 nitrogen and oxygen atoms in total. The number of allylic oxidation sites excluding steroid dienone is 2. The standard InChI is InChI=1S/C24H29ClN4O4S.C12H13Cl2N3O.C12H13NO5S.2C12H17NO3S.C11H19BO3.C7H6BrNO4S.C4H7NO.CH3.Pd/c1-15-26-23-18(14-21(25)28-24(23)29(15)22-8-4-6-12-33-22)27-17-10-9-16(13-20(17)34(2,30)31)19-7-3-5-11-32-19;1-7-15-11-8(13)6-9(14)16-12(11)17(7)10-4-2-3-5-18-10;1-19(16,17)12-8-9(5-6-10(12)13(14)15)11-4-2-3-7-18-11;2*1-17(14,15)12-8-9(5-6-10(12)13)11-4-2-3-7-16-11;1-10(2)11(3,4)15-12(14-10)9-7-5-6-8-13-9;1-14(12,13)7-4-5(8)2-3-6(7)9(10)11;5-4(6)3-1-2-3;;/h9-10,13-14,19,22H,3-8,11-12H2,1-2H3,(H,27,28);6,10H,2-5H2,1H3;4-6,8H,2-3,7H2,1H3;2*5-6,8,11H,2-4,7,13H2,1H3;7H,5-6,8H2,1-4H3;2-4H,1H3;3H,1-2H2,(H2,5,6);1H3;/q;;;;;;;;-1;. The summed E-state index contributed by atoms with van der Waals surface area (Å²) < 4.78 is 173. The number of halogens is 4. The van der Waals surface area contributed by atoms with Crippen LogP contribution in [0, 0.1) is 47.4 Å². The maximum absolute atomic E-state index is 12.7. The number of nitrogen functional groups attached to an aromatic ring is 2. The molecule has 9 aliphatic rings. The van der Waals surface area contributed by atoms with Gasteiger partial charge in [0, 0.05) is 119 Å². The number of imidazole rings is 2. The third kappa shape index (κ3) is 32.1. The fourth-order valence-corrected chi connectivity index (χ4v) is 21.7. The molecule has 5 aromatic carbocycles. The first-order valence-corrected chi connectivity index (χ1v) is 57.3. The summed E-state index contributed by atoms with van der Waals surface area (Å²) in [7, 11) is -17.6. The predicted octanol–water partition coefficient (Wildman–Crippen LogP) is 19.6. The molecule has 0 spiro atoms. The summed E-state index contributed by atoms with van der Waals surface area (Å²) in [4.78, 5) is 48.0. The van der Waals surface area contributed by atoms with Crippen LogP contribution in [0.25, 0.3) is 28.1 Å². The summed E-state index contributed by atoms with van der Waals surface area (Å²) >= 11 is 21.6. The summed E-state index contributed by atoms with van der Waals surface area (Å²) in [6, 6.07) is 26.8. The van der Waals surface area contributed by atoms with Gasteiger partial charge >= 0.3 is 7.12 Å². The summed E-state index contributed by atoms with van der Waals surface area (Å²) in [5.74, 6) is 2.31. The number of hydrogen-bond acceptors (Lipinski definition) is 31. The maximum atomic E-state index is 12.7. The van der Waals surface area contributed by atoms with Gasteiger partial charge in [-0.15, -0.1) is 0 Å². The molecule has 7 N–H and O–H groups in total. The molecule has 9 aromatic rings. The number of rotatable bonds is 17. The molecule has 1 aliphatic carbocycles. The van der Waals surface area contributed by atoms with Crippen LogP contribution < -0.4 is 22.5 Å². The normalized spacial score (nSPS) is 20.0. The molecule has 1 saturated carbocycles. The van der Waals surface area contributed by atoms with Gasteiger partial charge < -0.3 is 72.4 Å². The smallest absolute Gasteiger partial charge is 0.502 e. The molecule has 142 heavy (non-hydrogen) atoms. The van der Waals surface area contributed by atoms with Crippen molar-refractivity contribution >= 4 is 175 Å². The van der Waals surface area contributed by atoms with Crippen LogP contribution >= 0.6 is 50.7 Å². The number of nitrogens with zero attached hydrogens (tertiary/aromatic N) is 8. The van der Waals surface area contributed by atoms with Crippen LogP contribution in [0.3, 0.4) is 0 Å². The molecule has 7 fully saturated rings. The topological polar surface area (TPSA) is 509 Å². The quantitative estimate of drug-likeness (QED) is 0.0164. The third-order valence-corrected chi connectivity index (χ3v) is 31.2. The summed E-state index contributed by atoms with van der Waals surface area (Å²) in [6.07, 6.45) is 30.6. The van der Waals surface area contributed by atoms with E-state index in [-0.39, 0.29) is 113 Å². The average molecular weight is 2280 g/mol. The molecule has 6 saturated heterocycles. The number of carbonyl (C=O) groups excluding carboxylic acids is 1. The molecule has 8 aliphatic heterocycles. The first kappa shape index (κ1) is 117. The van der Waals surface area contributed by atoms with Crippen molar-refractivity contribution in [3.05, 3.63) is 202 Å². The van der Waals surface area contributed by atoms with Crippen LogP contribution in [0.5, 0.6) is 0 Å². The fraction of sp³-hybridized carbons (Fsp3) is 0.495. The Balaban J connectivity index is 0.000000186. The second-order valence-corrected chi connectivity index (χ2v) is 48.1. The Morgan fingerprint density at radius 1 is 0.472 bits per heavy atom. The Morgan fingerprint density at radius 3 is 1.26 bits per heavy atom. The van der Waals surface area contributed by atoms with Crippen molar-refractivity contribution in [3.8, 4) is 0 Å². The number of fused-ring (bicyclic) bond motifs is 2. The molecule has 18 rings (SSSR count). The van der Waals surface area contributed by atoms with E-state index in [9.17, 15) is 67.1 Å². The molecular formula is C95H124BBrCl3N12O24PdS5-. The van der Waals surface area contributed by atoms with Gasteiger partial charge in [-0.3, -0.25) is 34.2 Å². The molecule has 1 amide bonds. The monoisotopic (exact) mass is 2280 g/mol. The van der Waals surface area contributed by atoms with Crippen LogP contribution in [-0.2, 0) is 117 Å². The molecule has 12 heterocycles. The van der Waals surface area contributed by atoms with Crippen LogP contribution in [0.1, 0.15) is 227 Å². The van der Waals surface area contributed by atoms with Crippen molar-refractivity contribution in [2.24, 2.45) is 11.7 Å². The number of pyridine rings is 2. The molecule has 780 valence electrons. The number of ether oxygens (including phenoxy) is 7. The van der Waals surface area contributed by atoms with Crippen molar-refractivity contribution < 1.29 is 120 Å². The molecule has 4 aromatic heterocycles. The molecule has 5 atom stereocenters. The Kier molecular flexibility index (Phi) is 42.4. The van der Waals surface area contributed by atoms with E-state index in [0.717, 1.165) is 214 Å². The first-order chi connectivity index (χ1) is 65.9. The van der Waals surface area contributed by atoms with Gasteiger partial charge in [-0.1, -0.05) is 68.9 Å². The summed E-state index contributed by atoms with van der Waals surface area (Å²) in [5, 5.41) is 25.8. The summed E-state index contributed by atoms with van der Waals surface area (Å²) in [5.41, 5.74) is 23.2. The van der Waals surface area contributed by atoms with E-state index < -0.39 is 70.4 Å². The third-order valence-electron chi connectivity index (χ3n) is 24.4. The van der Waals surface area contributed by atoms with Crippen molar-refractivity contribution in [1.82, 2.24) is 29.1 Å². The second kappa shape index (κ2) is 51.3. The first-order valence-electron chi connectivity index (χ1n) is 46.0. The maximum Gasteiger partial charge on any atom is 0.531 e. The molecular weight excluding hydrogens is 2160 g/mol. The van der Waals surface area contributed by atoms with Crippen LogP contribution in [0.4, 0.5) is 34.1 Å². The SMILES string of the molecule is CC1(C)OB(C2=CCCCO2)OC1(C)C.CS(=O)(=O)c1cc(Br)ccc1[N+](=O)[O-].CS(=O)(=O)c1cc(C2=CCCCO2)ccc1[N+](=O)[O-].CS(=O)(=O)c1cc(C2CCCCO2)ccc1N.CS(=O)(=O)c1cc(C2CCCCO2)ccc1N.Cc1nc2c(Cl)cc(Cl)nc2n1C1CCCCO1.Cc1nc2c(Nc3ccc(C4CCCCO4)cc3S(C)(=O)=O)cc(Cl)nc2n1C1CCCCO1.NC(=O)C1CC1.[CH3-].[Pd]. The largest absolute Gasteiger partial charge is 0.531 e. The van der Waals surface area contributed by atoms with Crippen molar-refractivity contribution in [2.45, 2.75) is 243 Å². The minimum atomic E-state index is -3.66. The summed E-state index contributed by atoms with van der Waals surface area (Å²) in [6.45, 7) is 17.0. The number of anilines is 4. The van der Waals surface area contributed by atoms with Crippen molar-refractivity contribution in [2.75, 3.05) is 94.3 Å². The zero-order valence-electron chi connectivity index (χ0n) is 81.3. The number of nitro groups is 2. The Morgan fingerprint density at radius 2 is 0.873 bits per heavy atom. The number of hydrogen-bond donors (Lipinski definition) is 4. The molecule has 0 bridgehead atoms. The predicted molar refractivity (Wildman–Crippen MR) is 547 cm³/mol. The number of aryl methyl sites for hydroxylation is 2.